The van der Waals surface area contributed by atoms with Crippen molar-refractivity contribution in [2.45, 2.75) is 25.1 Å². The van der Waals surface area contributed by atoms with Gasteiger partial charge in [-0.2, -0.15) is 16.7 Å². The van der Waals surface area contributed by atoms with Gasteiger partial charge in [0.15, 0.2) is 0 Å². The molecule has 0 amide bonds. The van der Waals surface area contributed by atoms with E-state index in [1.54, 1.807) is 11.3 Å². The maximum Gasteiger partial charge on any atom is 0.240 e. The molecule has 2 aromatic heterocycles. The lowest BCUT2D eigenvalue weighted by molar-refractivity contribution is 0.622. The van der Waals surface area contributed by atoms with Gasteiger partial charge >= 0.3 is 0 Å². The van der Waals surface area contributed by atoms with Gasteiger partial charge in [-0.3, -0.25) is 5.43 Å². The number of nitrogens with two attached hydrogens (primary N) is 1. The Morgan fingerprint density at radius 3 is 3.05 bits per heavy atom. The predicted molar refractivity (Wildman–Crippen MR) is 84.0 cm³/mol. The Morgan fingerprint density at radius 1 is 1.42 bits per heavy atom. The van der Waals surface area contributed by atoms with Crippen molar-refractivity contribution < 1.29 is 0 Å². The summed E-state index contributed by atoms with van der Waals surface area (Å²) in [7, 11) is 0. The molecule has 3 rings (SSSR count). The number of hydrogen-bond acceptors (Lipinski definition) is 7. The first kappa shape index (κ1) is 13.0. The van der Waals surface area contributed by atoms with E-state index in [1.807, 2.05) is 11.8 Å². The minimum absolute atomic E-state index is 0.461. The van der Waals surface area contributed by atoms with Gasteiger partial charge in [0.25, 0.3) is 0 Å². The molecule has 0 aromatic carbocycles. The molecule has 0 saturated carbocycles. The van der Waals surface area contributed by atoms with Crippen molar-refractivity contribution in [3.8, 4) is 0 Å². The molecule has 2 atom stereocenters. The number of anilines is 2. The second kappa shape index (κ2) is 5.15. The average molecular weight is 295 g/mol. The lowest BCUT2D eigenvalue weighted by Gasteiger charge is -2.38. The lowest BCUT2D eigenvalue weighted by Crippen LogP contribution is -2.45. The van der Waals surface area contributed by atoms with Crippen LogP contribution in [0, 0.1) is 0 Å². The molecule has 102 valence electrons. The van der Waals surface area contributed by atoms with Crippen LogP contribution < -0.4 is 16.2 Å². The standard InChI is InChI=1S/C12H17N5S2/c1-7-8(2)18-6-4-17(7)10-9-3-5-19-11(9)15-12(14-10)16-13/h3,5,7-8H,4,6,13H2,1-2H3,(H,14,15,16). The van der Waals surface area contributed by atoms with E-state index in [4.69, 9.17) is 5.84 Å². The van der Waals surface area contributed by atoms with E-state index in [9.17, 15) is 0 Å². The number of hydrogen-bond donors (Lipinski definition) is 2. The third kappa shape index (κ3) is 2.26. The molecule has 1 fully saturated rings. The van der Waals surface area contributed by atoms with Gasteiger partial charge in [-0.1, -0.05) is 6.92 Å². The van der Waals surface area contributed by atoms with Gasteiger partial charge in [-0.15, -0.1) is 11.3 Å². The van der Waals surface area contributed by atoms with Crippen LogP contribution in [0.15, 0.2) is 11.4 Å². The summed E-state index contributed by atoms with van der Waals surface area (Å²) >= 11 is 3.64. The number of rotatable bonds is 2. The second-order valence-electron chi connectivity index (χ2n) is 4.66. The fraction of sp³-hybridized carbons (Fsp3) is 0.500. The molecule has 1 aliphatic rings. The van der Waals surface area contributed by atoms with Gasteiger partial charge in [0.2, 0.25) is 5.95 Å². The van der Waals surface area contributed by atoms with Crippen LogP contribution in [0.4, 0.5) is 11.8 Å². The molecule has 1 saturated heterocycles. The minimum atomic E-state index is 0.461. The Bertz CT molecular complexity index is 585. The highest BCUT2D eigenvalue weighted by atomic mass is 32.2. The Kier molecular flexibility index (Phi) is 3.51. The summed E-state index contributed by atoms with van der Waals surface area (Å²) < 4.78 is 0. The van der Waals surface area contributed by atoms with Crippen molar-refractivity contribution in [3.63, 3.8) is 0 Å². The zero-order valence-corrected chi connectivity index (χ0v) is 12.6. The Hall–Kier alpha value is -1.05. The quantitative estimate of drug-likeness (QED) is 0.654. The van der Waals surface area contributed by atoms with Crippen molar-refractivity contribution in [2.24, 2.45) is 5.84 Å². The van der Waals surface area contributed by atoms with Crippen molar-refractivity contribution in [2.75, 3.05) is 22.6 Å². The first-order chi connectivity index (χ1) is 9.20. The molecule has 19 heavy (non-hydrogen) atoms. The van der Waals surface area contributed by atoms with Gasteiger partial charge in [-0.25, -0.2) is 10.8 Å². The molecule has 5 nitrogen and oxygen atoms in total. The van der Waals surface area contributed by atoms with Gasteiger partial charge < -0.3 is 4.90 Å². The number of nitrogen functional groups attached to an aromatic ring is 1. The molecule has 7 heteroatoms. The lowest BCUT2D eigenvalue weighted by atomic mass is 10.2. The summed E-state index contributed by atoms with van der Waals surface area (Å²) in [5.74, 6) is 8.10. The van der Waals surface area contributed by atoms with E-state index in [0.29, 0.717) is 17.2 Å². The Balaban J connectivity index is 2.09. The summed E-state index contributed by atoms with van der Waals surface area (Å²) in [6, 6.07) is 2.55. The topological polar surface area (TPSA) is 67.1 Å². The molecular weight excluding hydrogens is 278 g/mol. The summed E-state index contributed by atoms with van der Waals surface area (Å²) in [4.78, 5) is 12.3. The van der Waals surface area contributed by atoms with E-state index < -0.39 is 0 Å². The van der Waals surface area contributed by atoms with E-state index >= 15 is 0 Å². The molecule has 1 aliphatic heterocycles. The maximum atomic E-state index is 5.48. The summed E-state index contributed by atoms with van der Waals surface area (Å²) in [5, 5.41) is 3.78. The van der Waals surface area contributed by atoms with E-state index in [-0.39, 0.29) is 0 Å². The van der Waals surface area contributed by atoms with Gasteiger partial charge in [0.1, 0.15) is 10.6 Å². The number of thioether (sulfide) groups is 1. The highest BCUT2D eigenvalue weighted by molar-refractivity contribution is 8.00. The Labute approximate surface area is 120 Å². The monoisotopic (exact) mass is 295 g/mol. The van der Waals surface area contributed by atoms with E-state index in [1.165, 1.54) is 0 Å². The predicted octanol–water partition coefficient (Wildman–Crippen LogP) is 2.31. The number of nitrogens with one attached hydrogen (secondary N) is 1. The first-order valence-corrected chi connectivity index (χ1v) is 8.23. The summed E-state index contributed by atoms with van der Waals surface area (Å²) in [6.45, 7) is 5.55. The van der Waals surface area contributed by atoms with Crippen LogP contribution in [-0.4, -0.2) is 33.6 Å². The van der Waals surface area contributed by atoms with Crippen molar-refractivity contribution >= 4 is 45.1 Å². The van der Waals surface area contributed by atoms with Crippen LogP contribution in [0.1, 0.15) is 13.8 Å². The fourth-order valence-corrected chi connectivity index (χ4v) is 4.21. The van der Waals surface area contributed by atoms with E-state index in [2.05, 4.69) is 45.6 Å². The van der Waals surface area contributed by atoms with Crippen LogP contribution in [0.25, 0.3) is 10.2 Å². The maximum absolute atomic E-state index is 5.48. The van der Waals surface area contributed by atoms with Gasteiger partial charge in [-0.05, 0) is 18.4 Å². The number of hydrazine groups is 1. The van der Waals surface area contributed by atoms with Gasteiger partial charge in [0.05, 0.1) is 5.39 Å². The molecule has 2 aromatic rings. The highest BCUT2D eigenvalue weighted by Gasteiger charge is 2.28. The molecule has 0 aliphatic carbocycles. The van der Waals surface area contributed by atoms with Crippen LogP contribution >= 0.6 is 23.1 Å². The highest BCUT2D eigenvalue weighted by Crippen LogP contribution is 2.34. The third-order valence-corrected chi connectivity index (χ3v) is 5.73. The van der Waals surface area contributed by atoms with Crippen LogP contribution in [-0.2, 0) is 0 Å². The zero-order valence-electron chi connectivity index (χ0n) is 11.0. The second-order valence-corrected chi connectivity index (χ2v) is 7.04. The molecule has 0 spiro atoms. The van der Waals surface area contributed by atoms with Crippen molar-refractivity contribution in [3.05, 3.63) is 11.4 Å². The van der Waals surface area contributed by atoms with Crippen LogP contribution in [0.5, 0.6) is 0 Å². The normalized spacial score (nSPS) is 23.8. The third-order valence-electron chi connectivity index (χ3n) is 3.59. The number of fused-ring (bicyclic) bond motifs is 1. The average Bonchev–Trinajstić information content (AvgIpc) is 2.89. The number of thiophene rings is 1. The molecule has 0 radical (unpaired) electrons. The number of aromatic nitrogens is 2. The molecule has 0 bridgehead atoms. The summed E-state index contributed by atoms with van der Waals surface area (Å²) in [6.07, 6.45) is 0. The summed E-state index contributed by atoms with van der Waals surface area (Å²) in [5.41, 5.74) is 2.57. The first-order valence-electron chi connectivity index (χ1n) is 6.31. The Morgan fingerprint density at radius 2 is 2.26 bits per heavy atom. The van der Waals surface area contributed by atoms with Crippen molar-refractivity contribution in [1.29, 1.82) is 0 Å². The molecule has 3 N–H and O–H groups in total. The van der Waals surface area contributed by atoms with Crippen LogP contribution in [0.3, 0.4) is 0 Å². The van der Waals surface area contributed by atoms with Gasteiger partial charge in [0, 0.05) is 23.6 Å². The zero-order chi connectivity index (χ0) is 13.4. The SMILES string of the molecule is CC1SCCN(c2nc(NN)nc3sccc23)C1C. The van der Waals surface area contributed by atoms with Crippen LogP contribution in [0.2, 0.25) is 0 Å². The molecular formula is C12H17N5S2. The molecule has 2 unspecified atom stereocenters. The largest absolute Gasteiger partial charge is 0.351 e. The smallest absolute Gasteiger partial charge is 0.240 e. The fourth-order valence-electron chi connectivity index (χ4n) is 2.36. The van der Waals surface area contributed by atoms with Crippen molar-refractivity contribution in [1.82, 2.24) is 9.97 Å². The van der Waals surface area contributed by atoms with E-state index in [0.717, 1.165) is 28.3 Å². The number of nitrogens with zero attached hydrogens (tertiary/aromatic N) is 3. The molecule has 3 heterocycles. The minimum Gasteiger partial charge on any atom is -0.351 e.